The minimum Gasteiger partial charge on any atom is -0.469 e. The maximum absolute atomic E-state index is 11.4. The molecule has 0 amide bonds. The first kappa shape index (κ1) is 12.8. The summed E-state index contributed by atoms with van der Waals surface area (Å²) in [5, 5.41) is 0. The zero-order chi connectivity index (χ0) is 12.0. The highest BCUT2D eigenvalue weighted by molar-refractivity contribution is 5.70. The van der Waals surface area contributed by atoms with Crippen LogP contribution in [0.5, 0.6) is 0 Å². The van der Waals surface area contributed by atoms with Crippen LogP contribution in [-0.2, 0) is 9.53 Å². The molecule has 2 heteroatoms. The lowest BCUT2D eigenvalue weighted by atomic mass is 9.88. The molecule has 0 aliphatic rings. The van der Waals surface area contributed by atoms with E-state index in [-0.39, 0.29) is 5.97 Å². The predicted octanol–water partition coefficient (Wildman–Crippen LogP) is 3.44. The summed E-state index contributed by atoms with van der Waals surface area (Å²) in [6, 6.07) is 8.26. The first-order valence-corrected chi connectivity index (χ1v) is 5.81. The van der Waals surface area contributed by atoms with Crippen molar-refractivity contribution in [3.8, 4) is 0 Å². The number of esters is 1. The molecule has 16 heavy (non-hydrogen) atoms. The van der Waals surface area contributed by atoms with Crippen LogP contribution < -0.4 is 0 Å². The van der Waals surface area contributed by atoms with Gasteiger partial charge in [0, 0.05) is 0 Å². The third kappa shape index (κ3) is 3.37. The SMILES string of the molecule is CCCC(CC(=O)OC)c1ccccc1C. The summed E-state index contributed by atoms with van der Waals surface area (Å²) in [6.07, 6.45) is 2.59. The summed E-state index contributed by atoms with van der Waals surface area (Å²) in [5.74, 6) is 0.167. The van der Waals surface area contributed by atoms with E-state index in [2.05, 4.69) is 26.0 Å². The zero-order valence-electron chi connectivity index (χ0n) is 10.3. The summed E-state index contributed by atoms with van der Waals surface area (Å²) in [7, 11) is 1.45. The largest absolute Gasteiger partial charge is 0.469 e. The van der Waals surface area contributed by atoms with Gasteiger partial charge in [0.05, 0.1) is 13.5 Å². The van der Waals surface area contributed by atoms with Gasteiger partial charge in [0.1, 0.15) is 0 Å². The number of hydrogen-bond donors (Lipinski definition) is 0. The molecule has 1 rings (SSSR count). The minimum absolute atomic E-state index is 0.123. The highest BCUT2D eigenvalue weighted by Crippen LogP contribution is 2.27. The number of benzene rings is 1. The molecule has 1 aromatic carbocycles. The summed E-state index contributed by atoms with van der Waals surface area (Å²) < 4.78 is 4.75. The van der Waals surface area contributed by atoms with E-state index < -0.39 is 0 Å². The molecule has 0 aromatic heterocycles. The third-order valence-electron chi connectivity index (χ3n) is 2.91. The van der Waals surface area contributed by atoms with Gasteiger partial charge in [-0.1, -0.05) is 37.6 Å². The molecule has 0 radical (unpaired) electrons. The molecule has 0 heterocycles. The van der Waals surface area contributed by atoms with Crippen molar-refractivity contribution in [1.82, 2.24) is 0 Å². The molecule has 0 bridgehead atoms. The smallest absolute Gasteiger partial charge is 0.306 e. The van der Waals surface area contributed by atoms with E-state index in [9.17, 15) is 4.79 Å². The fourth-order valence-corrected chi connectivity index (χ4v) is 2.05. The van der Waals surface area contributed by atoms with Crippen LogP contribution in [0, 0.1) is 6.92 Å². The minimum atomic E-state index is -0.123. The number of methoxy groups -OCH3 is 1. The van der Waals surface area contributed by atoms with Gasteiger partial charge in [0.25, 0.3) is 0 Å². The Labute approximate surface area is 97.6 Å². The Kier molecular flexibility index (Phi) is 5.03. The van der Waals surface area contributed by atoms with Gasteiger partial charge in [0.15, 0.2) is 0 Å². The van der Waals surface area contributed by atoms with E-state index in [1.807, 2.05) is 12.1 Å². The van der Waals surface area contributed by atoms with Crippen LogP contribution in [0.15, 0.2) is 24.3 Å². The Morgan fingerprint density at radius 2 is 2.06 bits per heavy atom. The van der Waals surface area contributed by atoms with Crippen molar-refractivity contribution < 1.29 is 9.53 Å². The number of carbonyl (C=O) groups excluding carboxylic acids is 1. The predicted molar refractivity (Wildman–Crippen MR) is 65.5 cm³/mol. The third-order valence-corrected chi connectivity index (χ3v) is 2.91. The second-order valence-corrected chi connectivity index (χ2v) is 4.12. The number of aryl methyl sites for hydroxylation is 1. The van der Waals surface area contributed by atoms with E-state index in [0.29, 0.717) is 12.3 Å². The molecule has 1 aromatic rings. The van der Waals surface area contributed by atoms with Crippen molar-refractivity contribution >= 4 is 5.97 Å². The Balaban J connectivity index is 2.85. The van der Waals surface area contributed by atoms with E-state index in [0.717, 1.165) is 12.8 Å². The molecule has 0 fully saturated rings. The molecular weight excluding hydrogens is 200 g/mol. The second kappa shape index (κ2) is 6.31. The fraction of sp³-hybridized carbons (Fsp3) is 0.500. The van der Waals surface area contributed by atoms with Crippen LogP contribution in [0.1, 0.15) is 43.2 Å². The molecule has 0 saturated carbocycles. The van der Waals surface area contributed by atoms with Gasteiger partial charge in [-0.15, -0.1) is 0 Å². The Bertz CT molecular complexity index is 344. The van der Waals surface area contributed by atoms with E-state index in [1.54, 1.807) is 0 Å². The molecular formula is C14H20O2. The lowest BCUT2D eigenvalue weighted by Crippen LogP contribution is -2.09. The van der Waals surface area contributed by atoms with Gasteiger partial charge in [-0.05, 0) is 30.4 Å². The lowest BCUT2D eigenvalue weighted by molar-refractivity contribution is -0.141. The van der Waals surface area contributed by atoms with E-state index in [4.69, 9.17) is 4.74 Å². The molecule has 0 aliphatic heterocycles. The van der Waals surface area contributed by atoms with Crippen molar-refractivity contribution in [2.45, 2.75) is 39.0 Å². The number of hydrogen-bond acceptors (Lipinski definition) is 2. The van der Waals surface area contributed by atoms with E-state index >= 15 is 0 Å². The van der Waals surface area contributed by atoms with Crippen LogP contribution in [0.2, 0.25) is 0 Å². The molecule has 0 saturated heterocycles. The topological polar surface area (TPSA) is 26.3 Å². The monoisotopic (exact) mass is 220 g/mol. The quantitative estimate of drug-likeness (QED) is 0.710. The summed E-state index contributed by atoms with van der Waals surface area (Å²) in [6.45, 7) is 4.23. The highest BCUT2D eigenvalue weighted by atomic mass is 16.5. The van der Waals surface area contributed by atoms with Crippen LogP contribution in [-0.4, -0.2) is 13.1 Å². The van der Waals surface area contributed by atoms with Crippen molar-refractivity contribution in [2.24, 2.45) is 0 Å². The Hall–Kier alpha value is -1.31. The van der Waals surface area contributed by atoms with Crippen molar-refractivity contribution in [1.29, 1.82) is 0 Å². The van der Waals surface area contributed by atoms with Crippen molar-refractivity contribution in [3.05, 3.63) is 35.4 Å². The van der Waals surface area contributed by atoms with Gasteiger partial charge in [-0.25, -0.2) is 0 Å². The first-order valence-electron chi connectivity index (χ1n) is 5.81. The maximum Gasteiger partial charge on any atom is 0.306 e. The summed E-state index contributed by atoms with van der Waals surface area (Å²) >= 11 is 0. The molecule has 88 valence electrons. The van der Waals surface area contributed by atoms with Gasteiger partial charge >= 0.3 is 5.97 Å². The molecule has 1 unspecified atom stereocenters. The average Bonchev–Trinajstić information content (AvgIpc) is 2.29. The van der Waals surface area contributed by atoms with Crippen molar-refractivity contribution in [2.75, 3.05) is 7.11 Å². The first-order chi connectivity index (χ1) is 7.69. The van der Waals surface area contributed by atoms with Gasteiger partial charge in [-0.3, -0.25) is 4.79 Å². The molecule has 2 nitrogen and oxygen atoms in total. The van der Waals surface area contributed by atoms with Gasteiger partial charge < -0.3 is 4.74 Å². The summed E-state index contributed by atoms with van der Waals surface area (Å²) in [5.41, 5.74) is 2.53. The normalized spacial score (nSPS) is 12.2. The standard InChI is InChI=1S/C14H20O2/c1-4-7-12(10-14(15)16-3)13-9-6-5-8-11(13)2/h5-6,8-9,12H,4,7,10H2,1-3H3. The summed E-state index contributed by atoms with van der Waals surface area (Å²) in [4.78, 5) is 11.4. The van der Waals surface area contributed by atoms with Crippen LogP contribution in [0.3, 0.4) is 0 Å². The number of ether oxygens (including phenoxy) is 1. The fourth-order valence-electron chi connectivity index (χ4n) is 2.05. The number of rotatable bonds is 5. The molecule has 0 aliphatic carbocycles. The van der Waals surface area contributed by atoms with Crippen molar-refractivity contribution in [3.63, 3.8) is 0 Å². The van der Waals surface area contributed by atoms with Crippen LogP contribution >= 0.6 is 0 Å². The van der Waals surface area contributed by atoms with Crippen LogP contribution in [0.4, 0.5) is 0 Å². The molecule has 0 spiro atoms. The van der Waals surface area contributed by atoms with Crippen LogP contribution in [0.25, 0.3) is 0 Å². The number of carbonyl (C=O) groups is 1. The second-order valence-electron chi connectivity index (χ2n) is 4.12. The average molecular weight is 220 g/mol. The molecule has 0 N–H and O–H groups in total. The maximum atomic E-state index is 11.4. The highest BCUT2D eigenvalue weighted by Gasteiger charge is 2.16. The van der Waals surface area contributed by atoms with Gasteiger partial charge in [-0.2, -0.15) is 0 Å². The lowest BCUT2D eigenvalue weighted by Gasteiger charge is -2.17. The van der Waals surface area contributed by atoms with Gasteiger partial charge in [0.2, 0.25) is 0 Å². The Morgan fingerprint density at radius 3 is 2.62 bits per heavy atom. The molecule has 1 atom stereocenters. The zero-order valence-corrected chi connectivity index (χ0v) is 10.3. The Morgan fingerprint density at radius 1 is 1.38 bits per heavy atom. The van der Waals surface area contributed by atoms with E-state index in [1.165, 1.54) is 18.2 Å².